The Morgan fingerprint density at radius 3 is 2.15 bits per heavy atom. The molecule has 5 heteroatoms. The maximum Gasteiger partial charge on any atom is 0.251 e. The zero-order valence-electron chi connectivity index (χ0n) is 15.8. The van der Waals surface area contributed by atoms with E-state index < -0.39 is 0 Å². The third kappa shape index (κ3) is 6.08. The number of hydrogen-bond acceptors (Lipinski definition) is 4. The molecule has 0 heterocycles. The molecule has 140 valence electrons. The molecule has 0 bridgehead atoms. The Labute approximate surface area is 155 Å². The van der Waals surface area contributed by atoms with E-state index in [0.29, 0.717) is 18.7 Å². The highest BCUT2D eigenvalue weighted by atomic mass is 16.5. The molecule has 1 amide bonds. The van der Waals surface area contributed by atoms with Crippen LogP contribution in [0, 0.1) is 0 Å². The standard InChI is InChI=1S/C21H28N2O3/c1-4-23(5-2)16-17-6-8-18(9-7-17)21(24)22-14-15-26-20-12-10-19(25-3)11-13-20/h6-13H,4-5,14-16H2,1-3H3,(H,22,24). The van der Waals surface area contributed by atoms with Gasteiger partial charge in [0.1, 0.15) is 18.1 Å². The Bertz CT molecular complexity index is 665. The zero-order chi connectivity index (χ0) is 18.8. The van der Waals surface area contributed by atoms with Crippen LogP contribution in [0.2, 0.25) is 0 Å². The van der Waals surface area contributed by atoms with Crippen LogP contribution >= 0.6 is 0 Å². The van der Waals surface area contributed by atoms with Crippen molar-refractivity contribution < 1.29 is 14.3 Å². The Kier molecular flexibility index (Phi) is 7.96. The molecular formula is C21H28N2O3. The molecular weight excluding hydrogens is 328 g/mol. The van der Waals surface area contributed by atoms with E-state index in [1.165, 1.54) is 5.56 Å². The second-order valence-corrected chi connectivity index (χ2v) is 5.94. The quantitative estimate of drug-likeness (QED) is 0.664. The summed E-state index contributed by atoms with van der Waals surface area (Å²) < 4.78 is 10.7. The van der Waals surface area contributed by atoms with Crippen LogP contribution in [0.25, 0.3) is 0 Å². The smallest absolute Gasteiger partial charge is 0.251 e. The number of benzene rings is 2. The Morgan fingerprint density at radius 1 is 0.962 bits per heavy atom. The summed E-state index contributed by atoms with van der Waals surface area (Å²) >= 11 is 0. The minimum absolute atomic E-state index is 0.0854. The zero-order valence-corrected chi connectivity index (χ0v) is 15.8. The number of methoxy groups -OCH3 is 1. The van der Waals surface area contributed by atoms with Crippen LogP contribution in [0.1, 0.15) is 29.8 Å². The van der Waals surface area contributed by atoms with Gasteiger partial charge in [-0.25, -0.2) is 0 Å². The second-order valence-electron chi connectivity index (χ2n) is 5.94. The van der Waals surface area contributed by atoms with Crippen molar-refractivity contribution in [1.82, 2.24) is 10.2 Å². The van der Waals surface area contributed by atoms with E-state index in [9.17, 15) is 4.79 Å². The first kappa shape index (κ1) is 19.8. The predicted octanol–water partition coefficient (Wildman–Crippen LogP) is 3.35. The molecule has 1 N–H and O–H groups in total. The van der Waals surface area contributed by atoms with Gasteiger partial charge in [-0.1, -0.05) is 26.0 Å². The number of rotatable bonds is 10. The van der Waals surface area contributed by atoms with Crippen molar-refractivity contribution in [3.8, 4) is 11.5 Å². The summed E-state index contributed by atoms with van der Waals surface area (Å²) in [5.41, 5.74) is 1.88. The van der Waals surface area contributed by atoms with Crippen molar-refractivity contribution in [3.05, 3.63) is 59.7 Å². The molecule has 0 saturated heterocycles. The normalized spacial score (nSPS) is 10.6. The molecule has 2 rings (SSSR count). The van der Waals surface area contributed by atoms with Crippen LogP contribution in [-0.4, -0.2) is 44.2 Å². The molecule has 0 unspecified atom stereocenters. The average Bonchev–Trinajstić information content (AvgIpc) is 2.70. The first-order valence-corrected chi connectivity index (χ1v) is 9.02. The number of carbonyl (C=O) groups excluding carboxylic acids is 1. The fraction of sp³-hybridized carbons (Fsp3) is 0.381. The summed E-state index contributed by atoms with van der Waals surface area (Å²) in [6.45, 7) is 8.12. The van der Waals surface area contributed by atoms with Gasteiger partial charge in [-0.2, -0.15) is 0 Å². The van der Waals surface area contributed by atoms with Gasteiger partial charge >= 0.3 is 0 Å². The summed E-state index contributed by atoms with van der Waals surface area (Å²) in [6, 6.07) is 15.1. The molecule has 0 spiro atoms. The summed E-state index contributed by atoms with van der Waals surface area (Å²) in [5.74, 6) is 1.45. The molecule has 2 aromatic rings. The second kappa shape index (κ2) is 10.5. The van der Waals surface area contributed by atoms with Gasteiger partial charge in [-0.15, -0.1) is 0 Å². The number of carbonyl (C=O) groups is 1. The highest BCUT2D eigenvalue weighted by molar-refractivity contribution is 5.94. The Balaban J connectivity index is 1.74. The lowest BCUT2D eigenvalue weighted by molar-refractivity contribution is 0.0947. The highest BCUT2D eigenvalue weighted by Crippen LogP contribution is 2.16. The van der Waals surface area contributed by atoms with Crippen LogP contribution < -0.4 is 14.8 Å². The Morgan fingerprint density at radius 2 is 1.58 bits per heavy atom. The van der Waals surface area contributed by atoms with E-state index in [-0.39, 0.29) is 5.91 Å². The van der Waals surface area contributed by atoms with Crippen LogP contribution in [0.5, 0.6) is 11.5 Å². The molecule has 0 radical (unpaired) electrons. The fourth-order valence-electron chi connectivity index (χ4n) is 2.57. The number of amides is 1. The molecule has 0 aliphatic heterocycles. The lowest BCUT2D eigenvalue weighted by Crippen LogP contribution is -2.28. The van der Waals surface area contributed by atoms with E-state index in [2.05, 4.69) is 24.1 Å². The molecule has 26 heavy (non-hydrogen) atoms. The van der Waals surface area contributed by atoms with Crippen molar-refractivity contribution in [2.24, 2.45) is 0 Å². The number of hydrogen-bond donors (Lipinski definition) is 1. The first-order chi connectivity index (χ1) is 12.7. The summed E-state index contributed by atoms with van der Waals surface area (Å²) in [5, 5.41) is 2.88. The van der Waals surface area contributed by atoms with Crippen molar-refractivity contribution in [2.45, 2.75) is 20.4 Å². The van der Waals surface area contributed by atoms with Crippen LogP contribution in [-0.2, 0) is 6.54 Å². The van der Waals surface area contributed by atoms with E-state index in [1.807, 2.05) is 48.5 Å². The van der Waals surface area contributed by atoms with E-state index >= 15 is 0 Å². The van der Waals surface area contributed by atoms with Gasteiger partial charge in [0, 0.05) is 12.1 Å². The summed E-state index contributed by atoms with van der Waals surface area (Å²) in [4.78, 5) is 14.5. The number of nitrogens with zero attached hydrogens (tertiary/aromatic N) is 1. The molecule has 2 aromatic carbocycles. The van der Waals surface area contributed by atoms with Gasteiger partial charge in [0.05, 0.1) is 13.7 Å². The van der Waals surface area contributed by atoms with Crippen LogP contribution in [0.3, 0.4) is 0 Å². The van der Waals surface area contributed by atoms with Gasteiger partial charge in [0.2, 0.25) is 0 Å². The molecule has 0 atom stereocenters. The largest absolute Gasteiger partial charge is 0.497 e. The molecule has 0 aliphatic carbocycles. The molecule has 5 nitrogen and oxygen atoms in total. The van der Waals surface area contributed by atoms with E-state index in [0.717, 1.165) is 31.1 Å². The lowest BCUT2D eigenvalue weighted by atomic mass is 10.1. The van der Waals surface area contributed by atoms with Gasteiger partial charge < -0.3 is 14.8 Å². The van der Waals surface area contributed by atoms with Crippen molar-refractivity contribution in [1.29, 1.82) is 0 Å². The van der Waals surface area contributed by atoms with Crippen molar-refractivity contribution in [2.75, 3.05) is 33.4 Å². The number of nitrogens with one attached hydrogen (secondary N) is 1. The molecule has 0 saturated carbocycles. The molecule has 0 fully saturated rings. The third-order valence-corrected chi connectivity index (χ3v) is 4.23. The maximum absolute atomic E-state index is 12.2. The van der Waals surface area contributed by atoms with E-state index in [4.69, 9.17) is 9.47 Å². The van der Waals surface area contributed by atoms with Gasteiger partial charge in [0.15, 0.2) is 0 Å². The predicted molar refractivity (Wildman–Crippen MR) is 104 cm³/mol. The van der Waals surface area contributed by atoms with Gasteiger partial charge in [0.25, 0.3) is 5.91 Å². The first-order valence-electron chi connectivity index (χ1n) is 9.02. The average molecular weight is 356 g/mol. The fourth-order valence-corrected chi connectivity index (χ4v) is 2.57. The monoisotopic (exact) mass is 356 g/mol. The van der Waals surface area contributed by atoms with Crippen molar-refractivity contribution >= 4 is 5.91 Å². The topological polar surface area (TPSA) is 50.8 Å². The van der Waals surface area contributed by atoms with Crippen molar-refractivity contribution in [3.63, 3.8) is 0 Å². The minimum Gasteiger partial charge on any atom is -0.497 e. The lowest BCUT2D eigenvalue weighted by Gasteiger charge is -2.18. The highest BCUT2D eigenvalue weighted by Gasteiger charge is 2.06. The summed E-state index contributed by atoms with van der Waals surface area (Å²) in [7, 11) is 1.63. The van der Waals surface area contributed by atoms with Gasteiger partial charge in [-0.3, -0.25) is 9.69 Å². The van der Waals surface area contributed by atoms with Gasteiger partial charge in [-0.05, 0) is 55.1 Å². The molecule has 0 aromatic heterocycles. The molecule has 0 aliphatic rings. The van der Waals surface area contributed by atoms with Crippen LogP contribution in [0.4, 0.5) is 0 Å². The van der Waals surface area contributed by atoms with E-state index in [1.54, 1.807) is 7.11 Å². The maximum atomic E-state index is 12.2. The minimum atomic E-state index is -0.0854. The van der Waals surface area contributed by atoms with Crippen LogP contribution in [0.15, 0.2) is 48.5 Å². The Hall–Kier alpha value is -2.53. The third-order valence-electron chi connectivity index (χ3n) is 4.23. The SMILES string of the molecule is CCN(CC)Cc1ccc(C(=O)NCCOc2ccc(OC)cc2)cc1. The number of ether oxygens (including phenoxy) is 2. The summed E-state index contributed by atoms with van der Waals surface area (Å²) in [6.07, 6.45) is 0.